The zero-order valence-corrected chi connectivity index (χ0v) is 9.96. The summed E-state index contributed by atoms with van der Waals surface area (Å²) in [5.74, 6) is 1.23. The van der Waals surface area contributed by atoms with Crippen molar-refractivity contribution < 1.29 is 4.79 Å². The molecule has 1 fully saturated rings. The predicted octanol–water partition coefficient (Wildman–Crippen LogP) is 1.67. The Balaban J connectivity index is 2.12. The van der Waals surface area contributed by atoms with Gasteiger partial charge in [-0.1, -0.05) is 26.7 Å². The molecule has 0 aromatic heterocycles. The van der Waals surface area contributed by atoms with E-state index in [0.29, 0.717) is 24.8 Å². The molecule has 0 aromatic rings. The van der Waals surface area contributed by atoms with Gasteiger partial charge >= 0.3 is 0 Å². The molecular formula is C12H24N2O. The van der Waals surface area contributed by atoms with E-state index in [4.69, 9.17) is 5.73 Å². The number of carbonyl (C=O) groups excluding carboxylic acids is 1. The van der Waals surface area contributed by atoms with Gasteiger partial charge < -0.3 is 11.1 Å². The molecule has 0 saturated heterocycles. The molecule has 0 bridgehead atoms. The van der Waals surface area contributed by atoms with Crippen LogP contribution in [-0.4, -0.2) is 18.5 Å². The van der Waals surface area contributed by atoms with Crippen molar-refractivity contribution in [2.24, 2.45) is 17.6 Å². The Bertz CT molecular complexity index is 198. The summed E-state index contributed by atoms with van der Waals surface area (Å²) in [5.41, 5.74) is 5.86. The molecule has 3 heteroatoms. The van der Waals surface area contributed by atoms with Gasteiger partial charge in [-0.3, -0.25) is 4.79 Å². The van der Waals surface area contributed by atoms with E-state index in [2.05, 4.69) is 19.2 Å². The fourth-order valence-electron chi connectivity index (χ4n) is 2.02. The lowest BCUT2D eigenvalue weighted by Crippen LogP contribution is -2.40. The summed E-state index contributed by atoms with van der Waals surface area (Å²) in [6, 6.07) is 0.0810. The highest BCUT2D eigenvalue weighted by atomic mass is 16.1. The second kappa shape index (κ2) is 6.11. The summed E-state index contributed by atoms with van der Waals surface area (Å²) in [6.45, 7) is 4.77. The minimum Gasteiger partial charge on any atom is -0.355 e. The minimum absolute atomic E-state index is 0.0810. The second-order valence-electron chi connectivity index (χ2n) is 5.07. The standard InChI is InChI=1S/C12H24N2O/c1-9(2)11(13)8-14-12(15)7-10-5-3-4-6-10/h9-11H,3-8,13H2,1-2H3,(H,14,15). The van der Waals surface area contributed by atoms with Crippen LogP contribution in [0.15, 0.2) is 0 Å². The van der Waals surface area contributed by atoms with Crippen LogP contribution in [0.4, 0.5) is 0 Å². The van der Waals surface area contributed by atoms with E-state index in [1.807, 2.05) is 0 Å². The summed E-state index contributed by atoms with van der Waals surface area (Å²) < 4.78 is 0. The first-order valence-corrected chi connectivity index (χ1v) is 6.12. The van der Waals surface area contributed by atoms with E-state index < -0.39 is 0 Å². The Morgan fingerprint density at radius 3 is 2.53 bits per heavy atom. The van der Waals surface area contributed by atoms with Gasteiger partial charge in [0.05, 0.1) is 0 Å². The molecule has 0 spiro atoms. The van der Waals surface area contributed by atoms with Gasteiger partial charge in [-0.25, -0.2) is 0 Å². The molecule has 1 rings (SSSR count). The highest BCUT2D eigenvalue weighted by molar-refractivity contribution is 5.76. The van der Waals surface area contributed by atoms with E-state index in [0.717, 1.165) is 0 Å². The fourth-order valence-corrected chi connectivity index (χ4v) is 2.02. The molecule has 0 aromatic carbocycles. The summed E-state index contributed by atoms with van der Waals surface area (Å²) in [4.78, 5) is 11.6. The summed E-state index contributed by atoms with van der Waals surface area (Å²) in [6.07, 6.45) is 5.74. The van der Waals surface area contributed by atoms with Crippen LogP contribution in [0.1, 0.15) is 46.0 Å². The number of amides is 1. The summed E-state index contributed by atoms with van der Waals surface area (Å²) in [5, 5.41) is 2.93. The first kappa shape index (κ1) is 12.5. The number of hydrogen-bond donors (Lipinski definition) is 2. The molecule has 3 nitrogen and oxygen atoms in total. The Kier molecular flexibility index (Phi) is 5.09. The fraction of sp³-hybridized carbons (Fsp3) is 0.917. The van der Waals surface area contributed by atoms with Gasteiger partial charge in [0, 0.05) is 19.0 Å². The topological polar surface area (TPSA) is 55.1 Å². The van der Waals surface area contributed by atoms with E-state index in [1.165, 1.54) is 25.7 Å². The van der Waals surface area contributed by atoms with Crippen molar-refractivity contribution in [3.05, 3.63) is 0 Å². The monoisotopic (exact) mass is 212 g/mol. The van der Waals surface area contributed by atoms with Crippen LogP contribution in [0.3, 0.4) is 0 Å². The van der Waals surface area contributed by atoms with Gasteiger partial charge in [0.2, 0.25) is 5.91 Å². The van der Waals surface area contributed by atoms with Gasteiger partial charge in [-0.05, 0) is 24.7 Å². The SMILES string of the molecule is CC(C)C(N)CNC(=O)CC1CCCC1. The van der Waals surface area contributed by atoms with E-state index in [1.54, 1.807) is 0 Å². The number of hydrogen-bond acceptors (Lipinski definition) is 2. The zero-order valence-electron chi connectivity index (χ0n) is 9.96. The van der Waals surface area contributed by atoms with Crippen molar-refractivity contribution >= 4 is 5.91 Å². The average molecular weight is 212 g/mol. The number of rotatable bonds is 5. The Morgan fingerprint density at radius 2 is 2.00 bits per heavy atom. The van der Waals surface area contributed by atoms with E-state index in [-0.39, 0.29) is 11.9 Å². The second-order valence-corrected chi connectivity index (χ2v) is 5.07. The smallest absolute Gasteiger partial charge is 0.220 e. The normalized spacial score (nSPS) is 19.5. The van der Waals surface area contributed by atoms with Crippen molar-refractivity contribution in [1.29, 1.82) is 0 Å². The Hall–Kier alpha value is -0.570. The first-order chi connectivity index (χ1) is 7.09. The van der Waals surface area contributed by atoms with Gasteiger partial charge in [0.25, 0.3) is 0 Å². The van der Waals surface area contributed by atoms with Crippen molar-refractivity contribution in [3.63, 3.8) is 0 Å². The molecule has 0 aliphatic heterocycles. The molecule has 15 heavy (non-hydrogen) atoms. The Labute approximate surface area is 92.8 Å². The third-order valence-corrected chi connectivity index (χ3v) is 3.34. The summed E-state index contributed by atoms with van der Waals surface area (Å²) >= 11 is 0. The van der Waals surface area contributed by atoms with Crippen molar-refractivity contribution in [3.8, 4) is 0 Å². The van der Waals surface area contributed by atoms with Gasteiger partial charge in [0.1, 0.15) is 0 Å². The molecular weight excluding hydrogens is 188 g/mol. The number of nitrogens with one attached hydrogen (secondary N) is 1. The quantitative estimate of drug-likeness (QED) is 0.728. The molecule has 1 amide bonds. The van der Waals surface area contributed by atoms with Gasteiger partial charge in [0.15, 0.2) is 0 Å². The molecule has 0 heterocycles. The lowest BCUT2D eigenvalue weighted by atomic mass is 10.0. The maximum atomic E-state index is 11.6. The van der Waals surface area contributed by atoms with Crippen LogP contribution in [0.25, 0.3) is 0 Å². The van der Waals surface area contributed by atoms with E-state index >= 15 is 0 Å². The molecule has 0 radical (unpaired) electrons. The van der Waals surface area contributed by atoms with Crippen LogP contribution >= 0.6 is 0 Å². The maximum absolute atomic E-state index is 11.6. The predicted molar refractivity (Wildman–Crippen MR) is 62.4 cm³/mol. The summed E-state index contributed by atoms with van der Waals surface area (Å²) in [7, 11) is 0. The number of carbonyl (C=O) groups is 1. The first-order valence-electron chi connectivity index (χ1n) is 6.12. The molecule has 3 N–H and O–H groups in total. The molecule has 88 valence electrons. The van der Waals surface area contributed by atoms with Crippen molar-refractivity contribution in [2.45, 2.75) is 52.0 Å². The van der Waals surface area contributed by atoms with Crippen LogP contribution in [0.5, 0.6) is 0 Å². The maximum Gasteiger partial charge on any atom is 0.220 e. The van der Waals surface area contributed by atoms with Crippen molar-refractivity contribution in [2.75, 3.05) is 6.54 Å². The van der Waals surface area contributed by atoms with E-state index in [9.17, 15) is 4.79 Å². The van der Waals surface area contributed by atoms with Crippen LogP contribution in [-0.2, 0) is 4.79 Å². The molecule has 1 aliphatic carbocycles. The highest BCUT2D eigenvalue weighted by Gasteiger charge is 2.18. The minimum atomic E-state index is 0.0810. The number of nitrogens with two attached hydrogens (primary N) is 1. The zero-order chi connectivity index (χ0) is 11.3. The third kappa shape index (κ3) is 4.65. The molecule has 1 aliphatic rings. The largest absolute Gasteiger partial charge is 0.355 e. The van der Waals surface area contributed by atoms with Crippen LogP contribution < -0.4 is 11.1 Å². The average Bonchev–Trinajstić information content (AvgIpc) is 2.66. The lowest BCUT2D eigenvalue weighted by Gasteiger charge is -2.17. The van der Waals surface area contributed by atoms with Crippen molar-refractivity contribution in [1.82, 2.24) is 5.32 Å². The lowest BCUT2D eigenvalue weighted by molar-refractivity contribution is -0.122. The third-order valence-electron chi connectivity index (χ3n) is 3.34. The molecule has 1 unspecified atom stereocenters. The molecule has 1 saturated carbocycles. The Morgan fingerprint density at radius 1 is 1.40 bits per heavy atom. The van der Waals surface area contributed by atoms with Gasteiger partial charge in [-0.2, -0.15) is 0 Å². The highest BCUT2D eigenvalue weighted by Crippen LogP contribution is 2.27. The van der Waals surface area contributed by atoms with Crippen LogP contribution in [0.2, 0.25) is 0 Å². The molecule has 1 atom stereocenters. The van der Waals surface area contributed by atoms with Crippen LogP contribution in [0, 0.1) is 11.8 Å². The van der Waals surface area contributed by atoms with Gasteiger partial charge in [-0.15, -0.1) is 0 Å².